The monoisotopic (exact) mass is 373 g/mol. The van der Waals surface area contributed by atoms with Gasteiger partial charge in [-0.15, -0.1) is 0 Å². The van der Waals surface area contributed by atoms with Gasteiger partial charge in [0.25, 0.3) is 0 Å². The largest absolute Gasteiger partial charge is 0.392 e. The van der Waals surface area contributed by atoms with Crippen molar-refractivity contribution in [2.45, 2.75) is 45.8 Å². The van der Waals surface area contributed by atoms with Gasteiger partial charge >= 0.3 is 0 Å². The number of aliphatic hydroxyl groups is 1. The number of nitriles is 1. The zero-order chi connectivity index (χ0) is 20.3. The molecule has 1 aliphatic rings. The number of aryl methyl sites for hydroxylation is 1. The molecule has 2 N–H and O–H groups in total. The predicted octanol–water partition coefficient (Wildman–Crippen LogP) is 4.30. The van der Waals surface area contributed by atoms with Gasteiger partial charge in [-0.05, 0) is 61.9 Å². The van der Waals surface area contributed by atoms with Gasteiger partial charge in [0.1, 0.15) is 0 Å². The molecule has 4 heteroatoms. The van der Waals surface area contributed by atoms with E-state index in [1.165, 1.54) is 11.1 Å². The molecule has 0 aromatic heterocycles. The fourth-order valence-electron chi connectivity index (χ4n) is 3.74. The van der Waals surface area contributed by atoms with Crippen LogP contribution in [0.3, 0.4) is 0 Å². The Morgan fingerprint density at radius 3 is 2.89 bits per heavy atom. The molecule has 0 heterocycles. The van der Waals surface area contributed by atoms with E-state index in [-0.39, 0.29) is 12.1 Å². The summed E-state index contributed by atoms with van der Waals surface area (Å²) in [5, 5.41) is 22.3. The van der Waals surface area contributed by atoms with Crippen LogP contribution in [-0.2, 0) is 6.42 Å². The van der Waals surface area contributed by atoms with Gasteiger partial charge in [0.2, 0.25) is 0 Å². The number of rotatable bonds is 6. The Kier molecular flexibility index (Phi) is 6.08. The summed E-state index contributed by atoms with van der Waals surface area (Å²) < 4.78 is 0. The van der Waals surface area contributed by atoms with Crippen LogP contribution >= 0.6 is 0 Å². The van der Waals surface area contributed by atoms with Crippen molar-refractivity contribution in [3.05, 3.63) is 76.4 Å². The lowest BCUT2D eigenvalue weighted by Gasteiger charge is -2.16. The van der Waals surface area contributed by atoms with Crippen LogP contribution in [0.5, 0.6) is 0 Å². The number of aliphatic imine (C=N–C) groups is 1. The van der Waals surface area contributed by atoms with Crippen molar-refractivity contribution >= 4 is 11.4 Å². The number of hydrogen-bond donors (Lipinski definition) is 2. The van der Waals surface area contributed by atoms with Crippen molar-refractivity contribution in [1.29, 1.82) is 5.26 Å². The van der Waals surface area contributed by atoms with E-state index in [2.05, 4.69) is 30.1 Å². The van der Waals surface area contributed by atoms with Crippen molar-refractivity contribution < 1.29 is 5.11 Å². The highest BCUT2D eigenvalue weighted by Crippen LogP contribution is 2.36. The Morgan fingerprint density at radius 2 is 2.18 bits per heavy atom. The Hall–Kier alpha value is -2.74. The van der Waals surface area contributed by atoms with Crippen molar-refractivity contribution in [1.82, 2.24) is 5.32 Å². The third-order valence-electron chi connectivity index (χ3n) is 5.32. The van der Waals surface area contributed by atoms with Gasteiger partial charge in [-0.25, -0.2) is 0 Å². The minimum absolute atomic E-state index is 0.262. The SMILES string of the molecule is C=C(N=C(C)c1ccc(C)c(C#N)c1)c1cccc2c1CCC2NCC(C)O. The molecule has 0 saturated heterocycles. The number of hydrogen-bond acceptors (Lipinski definition) is 4. The molecule has 1 aliphatic carbocycles. The van der Waals surface area contributed by atoms with Gasteiger partial charge in [-0.3, -0.25) is 4.99 Å². The first kappa shape index (κ1) is 20.0. The number of fused-ring (bicyclic) bond motifs is 1. The molecule has 0 fully saturated rings. The summed E-state index contributed by atoms with van der Waals surface area (Å²) in [6.07, 6.45) is 1.63. The van der Waals surface area contributed by atoms with Gasteiger partial charge in [-0.1, -0.05) is 36.9 Å². The van der Waals surface area contributed by atoms with E-state index in [1.807, 2.05) is 38.1 Å². The lowest BCUT2D eigenvalue weighted by Crippen LogP contribution is -2.27. The second-order valence-electron chi connectivity index (χ2n) is 7.51. The first-order chi connectivity index (χ1) is 13.4. The van der Waals surface area contributed by atoms with Crippen LogP contribution in [0, 0.1) is 18.3 Å². The maximum Gasteiger partial charge on any atom is 0.0994 e. The fourth-order valence-corrected chi connectivity index (χ4v) is 3.74. The van der Waals surface area contributed by atoms with E-state index in [1.54, 1.807) is 6.92 Å². The minimum atomic E-state index is -0.359. The van der Waals surface area contributed by atoms with Crippen molar-refractivity contribution in [2.75, 3.05) is 6.54 Å². The molecular formula is C24H27N3O. The van der Waals surface area contributed by atoms with Crippen LogP contribution in [0.4, 0.5) is 0 Å². The van der Waals surface area contributed by atoms with E-state index in [9.17, 15) is 10.4 Å². The Labute approximate surface area is 167 Å². The molecule has 0 saturated carbocycles. The number of nitrogens with one attached hydrogen (secondary N) is 1. The molecule has 3 rings (SSSR count). The highest BCUT2D eigenvalue weighted by atomic mass is 16.3. The highest BCUT2D eigenvalue weighted by Gasteiger charge is 2.25. The molecular weight excluding hydrogens is 346 g/mol. The normalized spacial score (nSPS) is 17.1. The van der Waals surface area contributed by atoms with Crippen LogP contribution in [-0.4, -0.2) is 23.5 Å². The van der Waals surface area contributed by atoms with Gasteiger partial charge in [0.05, 0.1) is 23.4 Å². The smallest absolute Gasteiger partial charge is 0.0994 e. The summed E-state index contributed by atoms with van der Waals surface area (Å²) in [6, 6.07) is 14.6. The van der Waals surface area contributed by atoms with Crippen molar-refractivity contribution in [2.24, 2.45) is 4.99 Å². The van der Waals surface area contributed by atoms with Gasteiger partial charge in [0.15, 0.2) is 0 Å². The Bertz CT molecular complexity index is 966. The maximum absolute atomic E-state index is 9.55. The lowest BCUT2D eigenvalue weighted by molar-refractivity contribution is 0.186. The summed E-state index contributed by atoms with van der Waals surface area (Å²) in [7, 11) is 0. The van der Waals surface area contributed by atoms with Gasteiger partial charge in [-0.2, -0.15) is 5.26 Å². The molecule has 4 nitrogen and oxygen atoms in total. The standard InChI is InChI=1S/C24H27N3O/c1-15-8-9-19(12-20(15)13-25)17(3)27-18(4)21-6-5-7-23-22(21)10-11-24(23)26-14-16(2)28/h5-9,12,16,24,26,28H,4,10-11,14H2,1-3H3. The minimum Gasteiger partial charge on any atom is -0.392 e. The summed E-state index contributed by atoms with van der Waals surface area (Å²) >= 11 is 0. The molecule has 2 unspecified atom stereocenters. The van der Waals surface area contributed by atoms with E-state index >= 15 is 0 Å². The van der Waals surface area contributed by atoms with E-state index < -0.39 is 0 Å². The molecule has 2 atom stereocenters. The van der Waals surface area contributed by atoms with Crippen molar-refractivity contribution in [3.63, 3.8) is 0 Å². The Morgan fingerprint density at radius 1 is 1.39 bits per heavy atom. The average molecular weight is 374 g/mol. The van der Waals surface area contributed by atoms with Crippen molar-refractivity contribution in [3.8, 4) is 6.07 Å². The first-order valence-corrected chi connectivity index (χ1v) is 9.69. The Balaban J connectivity index is 1.86. The molecule has 0 radical (unpaired) electrons. The van der Waals surface area contributed by atoms with E-state index in [4.69, 9.17) is 4.99 Å². The zero-order valence-electron chi connectivity index (χ0n) is 16.8. The average Bonchev–Trinajstić information content (AvgIpc) is 3.09. The quantitative estimate of drug-likeness (QED) is 0.742. The highest BCUT2D eigenvalue weighted by molar-refractivity contribution is 6.02. The van der Waals surface area contributed by atoms with E-state index in [0.29, 0.717) is 12.1 Å². The number of benzene rings is 2. The van der Waals surface area contributed by atoms with Gasteiger partial charge in [0, 0.05) is 23.9 Å². The summed E-state index contributed by atoms with van der Waals surface area (Å²) in [4.78, 5) is 4.75. The number of nitrogens with zero attached hydrogens (tertiary/aromatic N) is 2. The van der Waals surface area contributed by atoms with Crippen LogP contribution < -0.4 is 5.32 Å². The van der Waals surface area contributed by atoms with Crippen LogP contribution in [0.25, 0.3) is 5.70 Å². The lowest BCUT2D eigenvalue weighted by atomic mass is 10.00. The molecule has 144 valence electrons. The first-order valence-electron chi connectivity index (χ1n) is 9.69. The third kappa shape index (κ3) is 4.22. The zero-order valence-corrected chi connectivity index (χ0v) is 16.8. The molecule has 0 aliphatic heterocycles. The van der Waals surface area contributed by atoms with Crippen LogP contribution in [0.15, 0.2) is 48.0 Å². The topological polar surface area (TPSA) is 68.4 Å². The van der Waals surface area contributed by atoms with Crippen LogP contribution in [0.1, 0.15) is 59.7 Å². The summed E-state index contributed by atoms with van der Waals surface area (Å²) in [6.45, 7) is 10.5. The molecule has 2 aromatic carbocycles. The third-order valence-corrected chi connectivity index (χ3v) is 5.32. The number of aliphatic hydroxyl groups excluding tert-OH is 1. The predicted molar refractivity (Wildman–Crippen MR) is 114 cm³/mol. The molecule has 0 amide bonds. The van der Waals surface area contributed by atoms with Crippen LogP contribution in [0.2, 0.25) is 0 Å². The van der Waals surface area contributed by atoms with E-state index in [0.717, 1.165) is 40.9 Å². The summed E-state index contributed by atoms with van der Waals surface area (Å²) in [5.74, 6) is 0. The second-order valence-corrected chi connectivity index (χ2v) is 7.51. The van der Waals surface area contributed by atoms with Gasteiger partial charge < -0.3 is 10.4 Å². The molecule has 0 bridgehead atoms. The molecule has 2 aromatic rings. The summed E-state index contributed by atoms with van der Waals surface area (Å²) in [5.41, 5.74) is 7.80. The maximum atomic E-state index is 9.55. The molecule has 28 heavy (non-hydrogen) atoms. The molecule has 0 spiro atoms. The fraction of sp³-hybridized carbons (Fsp3) is 0.333. The second kappa shape index (κ2) is 8.52.